The van der Waals surface area contributed by atoms with Crippen LogP contribution in [0.3, 0.4) is 0 Å². The second kappa shape index (κ2) is 9.02. The van der Waals surface area contributed by atoms with Gasteiger partial charge in [0.15, 0.2) is 5.96 Å². The van der Waals surface area contributed by atoms with E-state index < -0.39 is 0 Å². The normalized spacial score (nSPS) is 16.8. The summed E-state index contributed by atoms with van der Waals surface area (Å²) in [4.78, 5) is 7.18. The standard InChI is InChI=1S/C22H29N7O/c1-4-23-22(28-11-9-17(16-28)18-13-25-27(2)15-18)24-14-19-10-12-29(26-19)20-5-7-21(30-3)8-6-20/h5-8,10,12-13,15,17H,4,9,11,14,16H2,1-3H3,(H,23,24). The minimum Gasteiger partial charge on any atom is -0.497 e. The number of hydrogen-bond donors (Lipinski definition) is 1. The Hall–Kier alpha value is -3.29. The summed E-state index contributed by atoms with van der Waals surface area (Å²) < 4.78 is 8.96. The number of methoxy groups -OCH3 is 1. The fraction of sp³-hybridized carbons (Fsp3) is 0.409. The van der Waals surface area contributed by atoms with Gasteiger partial charge in [-0.25, -0.2) is 9.67 Å². The van der Waals surface area contributed by atoms with Crippen molar-refractivity contribution in [1.29, 1.82) is 0 Å². The molecule has 1 aliphatic rings. The Morgan fingerprint density at radius 2 is 2.10 bits per heavy atom. The molecule has 0 bridgehead atoms. The quantitative estimate of drug-likeness (QED) is 0.502. The summed E-state index contributed by atoms with van der Waals surface area (Å²) in [5, 5.41) is 12.4. The highest BCUT2D eigenvalue weighted by Gasteiger charge is 2.26. The summed E-state index contributed by atoms with van der Waals surface area (Å²) in [5.41, 5.74) is 3.23. The van der Waals surface area contributed by atoms with Crippen molar-refractivity contribution >= 4 is 5.96 Å². The van der Waals surface area contributed by atoms with Gasteiger partial charge >= 0.3 is 0 Å². The van der Waals surface area contributed by atoms with Crippen LogP contribution in [0, 0.1) is 0 Å². The molecule has 0 saturated carbocycles. The predicted octanol–water partition coefficient (Wildman–Crippen LogP) is 2.57. The Kier molecular flexibility index (Phi) is 6.02. The Morgan fingerprint density at radius 3 is 2.80 bits per heavy atom. The van der Waals surface area contributed by atoms with Crippen LogP contribution in [-0.4, -0.2) is 57.2 Å². The van der Waals surface area contributed by atoms with Crippen molar-refractivity contribution in [2.24, 2.45) is 12.0 Å². The van der Waals surface area contributed by atoms with E-state index in [-0.39, 0.29) is 0 Å². The van der Waals surface area contributed by atoms with Crippen molar-refractivity contribution in [2.75, 3.05) is 26.7 Å². The van der Waals surface area contributed by atoms with Crippen LogP contribution in [0.15, 0.2) is 53.9 Å². The van der Waals surface area contributed by atoms with Gasteiger partial charge in [-0.15, -0.1) is 0 Å². The van der Waals surface area contributed by atoms with Gasteiger partial charge in [-0.3, -0.25) is 4.68 Å². The van der Waals surface area contributed by atoms with Crippen LogP contribution in [-0.2, 0) is 13.6 Å². The fourth-order valence-corrected chi connectivity index (χ4v) is 3.78. The molecule has 158 valence electrons. The molecule has 1 N–H and O–H groups in total. The molecule has 8 heteroatoms. The van der Waals surface area contributed by atoms with E-state index in [0.29, 0.717) is 12.5 Å². The van der Waals surface area contributed by atoms with Crippen molar-refractivity contribution in [3.63, 3.8) is 0 Å². The van der Waals surface area contributed by atoms with Gasteiger partial charge in [-0.1, -0.05) is 0 Å². The van der Waals surface area contributed by atoms with Gasteiger partial charge < -0.3 is 15.0 Å². The first-order valence-corrected chi connectivity index (χ1v) is 10.4. The number of aromatic nitrogens is 4. The van der Waals surface area contributed by atoms with Crippen LogP contribution in [0.4, 0.5) is 0 Å². The largest absolute Gasteiger partial charge is 0.497 e. The molecule has 1 aromatic carbocycles. The first-order valence-electron chi connectivity index (χ1n) is 10.4. The molecule has 1 aliphatic heterocycles. The second-order valence-electron chi connectivity index (χ2n) is 7.50. The van der Waals surface area contributed by atoms with Crippen molar-refractivity contribution in [3.8, 4) is 11.4 Å². The minimum absolute atomic E-state index is 0.497. The SMILES string of the molecule is CCNC(=NCc1ccn(-c2ccc(OC)cc2)n1)N1CCC(c2cnn(C)c2)C1. The zero-order valence-electron chi connectivity index (χ0n) is 17.8. The lowest BCUT2D eigenvalue weighted by Crippen LogP contribution is -2.40. The highest BCUT2D eigenvalue weighted by atomic mass is 16.5. The molecule has 8 nitrogen and oxygen atoms in total. The molecule has 0 aliphatic carbocycles. The number of hydrogen-bond acceptors (Lipinski definition) is 4. The van der Waals surface area contributed by atoms with Crippen molar-refractivity contribution in [2.45, 2.75) is 25.8 Å². The highest BCUT2D eigenvalue weighted by Crippen LogP contribution is 2.26. The van der Waals surface area contributed by atoms with Gasteiger partial charge in [-0.05, 0) is 49.2 Å². The summed E-state index contributed by atoms with van der Waals surface area (Å²) in [6.45, 7) is 5.43. The van der Waals surface area contributed by atoms with E-state index in [1.807, 2.05) is 59.1 Å². The molecule has 0 amide bonds. The maximum absolute atomic E-state index is 5.22. The van der Waals surface area contributed by atoms with Gasteiger partial charge in [0.2, 0.25) is 0 Å². The predicted molar refractivity (Wildman–Crippen MR) is 117 cm³/mol. The molecule has 2 aromatic heterocycles. The molecule has 1 atom stereocenters. The Balaban J connectivity index is 1.42. The second-order valence-corrected chi connectivity index (χ2v) is 7.50. The van der Waals surface area contributed by atoms with E-state index in [4.69, 9.17) is 9.73 Å². The Morgan fingerprint density at radius 1 is 1.27 bits per heavy atom. The van der Waals surface area contributed by atoms with Gasteiger partial charge in [0.05, 0.1) is 31.2 Å². The molecule has 4 rings (SSSR count). The number of likely N-dealkylation sites (tertiary alicyclic amines) is 1. The third-order valence-electron chi connectivity index (χ3n) is 5.39. The maximum Gasteiger partial charge on any atom is 0.194 e. The first-order chi connectivity index (χ1) is 14.7. The van der Waals surface area contributed by atoms with Gasteiger partial charge in [0.25, 0.3) is 0 Å². The topological polar surface area (TPSA) is 72.5 Å². The molecule has 3 aromatic rings. The summed E-state index contributed by atoms with van der Waals surface area (Å²) in [5.74, 6) is 2.28. The van der Waals surface area contributed by atoms with Crippen LogP contribution >= 0.6 is 0 Å². The molecule has 0 radical (unpaired) electrons. The number of ether oxygens (including phenoxy) is 1. The Labute approximate surface area is 177 Å². The minimum atomic E-state index is 0.497. The molecule has 1 fully saturated rings. The van der Waals surface area contributed by atoms with Crippen molar-refractivity contribution in [1.82, 2.24) is 29.8 Å². The lowest BCUT2D eigenvalue weighted by Gasteiger charge is -2.21. The van der Waals surface area contributed by atoms with E-state index in [2.05, 4.69) is 33.5 Å². The molecule has 1 unspecified atom stereocenters. The Bertz CT molecular complexity index is 989. The number of nitrogens with zero attached hydrogens (tertiary/aromatic N) is 6. The number of aliphatic imine (C=N–C) groups is 1. The third kappa shape index (κ3) is 4.48. The van der Waals surface area contributed by atoms with Gasteiger partial charge in [-0.2, -0.15) is 10.2 Å². The van der Waals surface area contributed by atoms with E-state index in [1.54, 1.807) is 7.11 Å². The number of nitrogens with one attached hydrogen (secondary N) is 1. The lowest BCUT2D eigenvalue weighted by molar-refractivity contribution is 0.414. The van der Waals surface area contributed by atoms with Crippen LogP contribution < -0.4 is 10.1 Å². The smallest absolute Gasteiger partial charge is 0.194 e. The lowest BCUT2D eigenvalue weighted by atomic mass is 10.0. The fourth-order valence-electron chi connectivity index (χ4n) is 3.78. The average molecular weight is 408 g/mol. The summed E-state index contributed by atoms with van der Waals surface area (Å²) in [7, 11) is 3.63. The molecule has 3 heterocycles. The van der Waals surface area contributed by atoms with E-state index in [1.165, 1.54) is 5.56 Å². The molecular weight excluding hydrogens is 378 g/mol. The van der Waals surface area contributed by atoms with Crippen LogP contribution in [0.5, 0.6) is 5.75 Å². The van der Waals surface area contributed by atoms with E-state index in [9.17, 15) is 0 Å². The monoisotopic (exact) mass is 407 g/mol. The zero-order valence-corrected chi connectivity index (χ0v) is 17.8. The number of benzene rings is 1. The first kappa shape index (κ1) is 20.0. The molecule has 1 saturated heterocycles. The molecular formula is C22H29N7O. The van der Waals surface area contributed by atoms with Crippen LogP contribution in [0.2, 0.25) is 0 Å². The number of aryl methyl sites for hydroxylation is 1. The third-order valence-corrected chi connectivity index (χ3v) is 5.39. The average Bonchev–Trinajstić information content (AvgIpc) is 3.52. The van der Waals surface area contributed by atoms with Gasteiger partial charge in [0, 0.05) is 45.0 Å². The van der Waals surface area contributed by atoms with E-state index in [0.717, 1.165) is 49.1 Å². The van der Waals surface area contributed by atoms with Crippen molar-refractivity contribution < 1.29 is 4.74 Å². The maximum atomic E-state index is 5.22. The molecule has 30 heavy (non-hydrogen) atoms. The highest BCUT2D eigenvalue weighted by molar-refractivity contribution is 5.80. The van der Waals surface area contributed by atoms with Crippen LogP contribution in [0.25, 0.3) is 5.69 Å². The number of rotatable bonds is 6. The summed E-state index contributed by atoms with van der Waals surface area (Å²) in [6, 6.07) is 9.87. The van der Waals surface area contributed by atoms with E-state index >= 15 is 0 Å². The van der Waals surface area contributed by atoms with Crippen molar-refractivity contribution in [3.05, 3.63) is 60.2 Å². The summed E-state index contributed by atoms with van der Waals surface area (Å²) in [6.07, 6.45) is 7.17. The van der Waals surface area contributed by atoms with Gasteiger partial charge in [0.1, 0.15) is 5.75 Å². The summed E-state index contributed by atoms with van der Waals surface area (Å²) >= 11 is 0. The zero-order chi connectivity index (χ0) is 20.9. The number of guanidine groups is 1. The molecule has 0 spiro atoms. The van der Waals surface area contributed by atoms with Crippen LogP contribution in [0.1, 0.15) is 30.5 Å².